The lowest BCUT2D eigenvalue weighted by atomic mass is 10.1. The smallest absolute Gasteiger partial charge is 0.254 e. The molecule has 0 N–H and O–H groups in total. The number of sulfonamides is 1. The van der Waals surface area contributed by atoms with Crippen LogP contribution in [0.3, 0.4) is 0 Å². The van der Waals surface area contributed by atoms with Gasteiger partial charge >= 0.3 is 0 Å². The van der Waals surface area contributed by atoms with Crippen LogP contribution in [0.5, 0.6) is 0 Å². The number of carbonyl (C=O) groups excluding carboxylic acids is 1. The maximum Gasteiger partial charge on any atom is 0.254 e. The van der Waals surface area contributed by atoms with E-state index in [1.54, 1.807) is 17.0 Å². The molecule has 0 aromatic heterocycles. The lowest BCUT2D eigenvalue weighted by Crippen LogP contribution is -2.31. The fraction of sp³-hybridized carbons (Fsp3) is 0.269. The van der Waals surface area contributed by atoms with Crippen LogP contribution in [-0.2, 0) is 23.1 Å². The van der Waals surface area contributed by atoms with Gasteiger partial charge in [-0.15, -0.1) is 0 Å². The van der Waals surface area contributed by atoms with Gasteiger partial charge in [0.15, 0.2) is 0 Å². The summed E-state index contributed by atoms with van der Waals surface area (Å²) in [6.07, 6.45) is 1.22. The predicted octanol–water partition coefficient (Wildman–Crippen LogP) is 4.93. The molecule has 0 aliphatic rings. The standard InChI is InChI=1S/C26H30N2O3S/c1-5-27(18-22-12-7-6-8-13-22)26(29)24-16-14-23(15-17-24)19-28(32(4,30)31)25-20(2)10-9-11-21(25)3/h6-17H,5,18-19H2,1-4H3. The van der Waals surface area contributed by atoms with Gasteiger partial charge in [-0.25, -0.2) is 8.42 Å². The Kier molecular flexibility index (Phi) is 7.36. The second-order valence-corrected chi connectivity index (χ2v) is 9.92. The summed E-state index contributed by atoms with van der Waals surface area (Å²) in [4.78, 5) is 14.8. The lowest BCUT2D eigenvalue weighted by Gasteiger charge is -2.26. The zero-order chi connectivity index (χ0) is 23.3. The molecule has 0 unspecified atom stereocenters. The Bertz CT molecular complexity index is 1150. The van der Waals surface area contributed by atoms with E-state index in [-0.39, 0.29) is 12.5 Å². The molecule has 1 amide bonds. The van der Waals surface area contributed by atoms with E-state index in [0.717, 1.165) is 22.3 Å². The van der Waals surface area contributed by atoms with Crippen molar-refractivity contribution in [2.45, 2.75) is 33.9 Å². The van der Waals surface area contributed by atoms with Crippen molar-refractivity contribution >= 4 is 21.6 Å². The third-order valence-corrected chi connectivity index (χ3v) is 6.61. The van der Waals surface area contributed by atoms with Crippen LogP contribution in [0.25, 0.3) is 0 Å². The van der Waals surface area contributed by atoms with Gasteiger partial charge in [-0.3, -0.25) is 9.10 Å². The molecule has 0 radical (unpaired) electrons. The molecule has 3 aromatic carbocycles. The molecule has 32 heavy (non-hydrogen) atoms. The number of para-hydroxylation sites is 1. The molecule has 3 rings (SSSR count). The summed E-state index contributed by atoms with van der Waals surface area (Å²) < 4.78 is 26.6. The van der Waals surface area contributed by atoms with Crippen molar-refractivity contribution < 1.29 is 13.2 Å². The van der Waals surface area contributed by atoms with Gasteiger partial charge in [-0.1, -0.05) is 60.7 Å². The number of amides is 1. The SMILES string of the molecule is CCN(Cc1ccccc1)C(=O)c1ccc(CN(c2c(C)cccc2C)S(C)(=O)=O)cc1. The highest BCUT2D eigenvalue weighted by molar-refractivity contribution is 7.92. The maximum atomic E-state index is 13.0. The van der Waals surface area contributed by atoms with Gasteiger partial charge in [0.2, 0.25) is 10.0 Å². The highest BCUT2D eigenvalue weighted by Crippen LogP contribution is 2.28. The van der Waals surface area contributed by atoms with Gasteiger partial charge in [0, 0.05) is 18.7 Å². The average Bonchev–Trinajstić information content (AvgIpc) is 2.76. The number of hydrogen-bond acceptors (Lipinski definition) is 3. The van der Waals surface area contributed by atoms with E-state index in [1.807, 2.05) is 81.4 Å². The van der Waals surface area contributed by atoms with Crippen LogP contribution in [-0.4, -0.2) is 32.0 Å². The molecule has 0 heterocycles. The van der Waals surface area contributed by atoms with E-state index in [9.17, 15) is 13.2 Å². The minimum atomic E-state index is -3.48. The van der Waals surface area contributed by atoms with Crippen molar-refractivity contribution in [3.63, 3.8) is 0 Å². The Morgan fingerprint density at radius 2 is 1.34 bits per heavy atom. The molecule has 0 spiro atoms. The number of nitrogens with zero attached hydrogens (tertiary/aromatic N) is 2. The quantitative estimate of drug-likeness (QED) is 0.489. The highest BCUT2D eigenvalue weighted by Gasteiger charge is 2.22. The van der Waals surface area contributed by atoms with E-state index < -0.39 is 10.0 Å². The van der Waals surface area contributed by atoms with Crippen LogP contribution < -0.4 is 4.31 Å². The molecule has 0 bridgehead atoms. The molecule has 3 aromatic rings. The molecule has 0 fully saturated rings. The summed E-state index contributed by atoms with van der Waals surface area (Å²) in [6.45, 7) is 7.14. The average molecular weight is 451 g/mol. The van der Waals surface area contributed by atoms with Gasteiger partial charge in [-0.2, -0.15) is 0 Å². The van der Waals surface area contributed by atoms with Crippen molar-refractivity contribution in [2.75, 3.05) is 17.1 Å². The lowest BCUT2D eigenvalue weighted by molar-refractivity contribution is 0.0752. The number of rotatable bonds is 8. The normalized spacial score (nSPS) is 11.2. The molecule has 5 nitrogen and oxygen atoms in total. The van der Waals surface area contributed by atoms with Crippen molar-refractivity contribution in [3.05, 3.63) is 101 Å². The summed E-state index contributed by atoms with van der Waals surface area (Å²) >= 11 is 0. The number of aryl methyl sites for hydroxylation is 2. The third kappa shape index (κ3) is 5.56. The monoisotopic (exact) mass is 450 g/mol. The first-order valence-corrected chi connectivity index (χ1v) is 12.5. The van der Waals surface area contributed by atoms with Crippen LogP contribution in [0.2, 0.25) is 0 Å². The second kappa shape index (κ2) is 10.0. The second-order valence-electron chi connectivity index (χ2n) is 8.01. The molecule has 168 valence electrons. The molecule has 0 aliphatic carbocycles. The molecule has 0 saturated heterocycles. The topological polar surface area (TPSA) is 57.7 Å². The van der Waals surface area contributed by atoms with Crippen LogP contribution in [0.4, 0.5) is 5.69 Å². The molecular weight excluding hydrogens is 420 g/mol. The Balaban J connectivity index is 1.81. The molecule has 0 saturated carbocycles. The van der Waals surface area contributed by atoms with E-state index in [1.165, 1.54) is 10.6 Å². The van der Waals surface area contributed by atoms with E-state index in [4.69, 9.17) is 0 Å². The zero-order valence-corrected chi connectivity index (χ0v) is 19.9. The number of benzene rings is 3. The van der Waals surface area contributed by atoms with Gasteiger partial charge in [0.1, 0.15) is 0 Å². The van der Waals surface area contributed by atoms with Gasteiger partial charge in [0.05, 0.1) is 18.5 Å². The molecule has 0 atom stereocenters. The summed E-state index contributed by atoms with van der Waals surface area (Å²) in [6, 6.07) is 22.8. The zero-order valence-electron chi connectivity index (χ0n) is 19.1. The Hall–Kier alpha value is -3.12. The first-order valence-electron chi connectivity index (χ1n) is 10.7. The van der Waals surface area contributed by atoms with Crippen LogP contribution >= 0.6 is 0 Å². The van der Waals surface area contributed by atoms with Crippen molar-refractivity contribution in [3.8, 4) is 0 Å². The van der Waals surface area contributed by atoms with E-state index >= 15 is 0 Å². The third-order valence-electron chi connectivity index (χ3n) is 5.50. The summed E-state index contributed by atoms with van der Waals surface area (Å²) in [5, 5.41) is 0. The number of anilines is 1. The summed E-state index contributed by atoms with van der Waals surface area (Å²) in [5.41, 5.74) is 5.00. The Labute approximate surface area is 191 Å². The van der Waals surface area contributed by atoms with E-state index in [2.05, 4.69) is 0 Å². The van der Waals surface area contributed by atoms with Crippen molar-refractivity contribution in [2.24, 2.45) is 0 Å². The largest absolute Gasteiger partial charge is 0.335 e. The van der Waals surface area contributed by atoms with Gasteiger partial charge in [0.25, 0.3) is 5.91 Å². The van der Waals surface area contributed by atoms with E-state index in [0.29, 0.717) is 24.3 Å². The van der Waals surface area contributed by atoms with Gasteiger partial charge in [-0.05, 0) is 55.2 Å². The maximum absolute atomic E-state index is 13.0. The fourth-order valence-corrected chi connectivity index (χ4v) is 4.80. The Morgan fingerprint density at radius 1 is 0.781 bits per heavy atom. The van der Waals surface area contributed by atoms with Crippen LogP contribution in [0.15, 0.2) is 72.8 Å². The molecular formula is C26H30N2O3S. The van der Waals surface area contributed by atoms with Crippen LogP contribution in [0.1, 0.15) is 39.5 Å². The number of hydrogen-bond donors (Lipinski definition) is 0. The first-order chi connectivity index (χ1) is 15.2. The minimum Gasteiger partial charge on any atom is -0.335 e. The fourth-order valence-electron chi connectivity index (χ4n) is 3.79. The van der Waals surface area contributed by atoms with Crippen molar-refractivity contribution in [1.82, 2.24) is 4.90 Å². The highest BCUT2D eigenvalue weighted by atomic mass is 32.2. The van der Waals surface area contributed by atoms with Gasteiger partial charge < -0.3 is 4.90 Å². The minimum absolute atomic E-state index is 0.0439. The van der Waals surface area contributed by atoms with Crippen LogP contribution in [0, 0.1) is 13.8 Å². The number of carbonyl (C=O) groups is 1. The summed E-state index contributed by atoms with van der Waals surface area (Å²) in [5.74, 6) is -0.0439. The molecule has 0 aliphatic heterocycles. The summed E-state index contributed by atoms with van der Waals surface area (Å²) in [7, 11) is -3.48. The Morgan fingerprint density at radius 3 is 1.88 bits per heavy atom. The van der Waals surface area contributed by atoms with Crippen molar-refractivity contribution in [1.29, 1.82) is 0 Å². The molecule has 6 heteroatoms. The first kappa shape index (κ1) is 23.5. The predicted molar refractivity (Wildman–Crippen MR) is 130 cm³/mol.